The smallest absolute Gasteiger partial charge is 0.120 e. The van der Waals surface area contributed by atoms with E-state index < -0.39 is 0 Å². The molecule has 1 heterocycles. The van der Waals surface area contributed by atoms with E-state index in [9.17, 15) is 5.11 Å². The standard InChI is InChI=1S/C10H17NO2/c1-7(9(3)12)11-8(2)10-5-4-6-13-10/h4-9,11-12H,1-3H3/t7?,8-,9?/m0/s1. The Morgan fingerprint density at radius 2 is 2.08 bits per heavy atom. The van der Waals surface area contributed by atoms with E-state index in [0.717, 1.165) is 5.76 Å². The first kappa shape index (κ1) is 10.3. The summed E-state index contributed by atoms with van der Waals surface area (Å²) in [6.07, 6.45) is 1.30. The van der Waals surface area contributed by atoms with Crippen LogP contribution in [0.5, 0.6) is 0 Å². The van der Waals surface area contributed by atoms with Crippen molar-refractivity contribution >= 4 is 0 Å². The van der Waals surface area contributed by atoms with Crippen LogP contribution < -0.4 is 5.32 Å². The molecule has 0 amide bonds. The van der Waals surface area contributed by atoms with Crippen molar-refractivity contribution < 1.29 is 9.52 Å². The number of furan rings is 1. The van der Waals surface area contributed by atoms with E-state index in [1.54, 1.807) is 13.2 Å². The fourth-order valence-electron chi connectivity index (χ4n) is 1.15. The summed E-state index contributed by atoms with van der Waals surface area (Å²) in [6.45, 7) is 5.73. The van der Waals surface area contributed by atoms with Gasteiger partial charge in [0.15, 0.2) is 0 Å². The highest BCUT2D eigenvalue weighted by Crippen LogP contribution is 2.13. The molecule has 2 N–H and O–H groups in total. The predicted octanol–water partition coefficient (Wildman–Crippen LogP) is 1.70. The Kier molecular flexibility index (Phi) is 3.51. The van der Waals surface area contributed by atoms with Gasteiger partial charge in [-0.2, -0.15) is 0 Å². The van der Waals surface area contributed by atoms with Crippen LogP contribution in [0.15, 0.2) is 22.8 Å². The highest BCUT2D eigenvalue weighted by molar-refractivity contribution is 5.03. The molecular formula is C10H17NO2. The van der Waals surface area contributed by atoms with E-state index in [0.29, 0.717) is 0 Å². The summed E-state index contributed by atoms with van der Waals surface area (Å²) >= 11 is 0. The topological polar surface area (TPSA) is 45.4 Å². The van der Waals surface area contributed by atoms with E-state index in [-0.39, 0.29) is 18.2 Å². The lowest BCUT2D eigenvalue weighted by molar-refractivity contribution is 0.145. The molecule has 2 unspecified atom stereocenters. The fourth-order valence-corrected chi connectivity index (χ4v) is 1.15. The summed E-state index contributed by atoms with van der Waals surface area (Å²) in [5, 5.41) is 12.5. The van der Waals surface area contributed by atoms with Gasteiger partial charge in [0.2, 0.25) is 0 Å². The molecule has 0 fully saturated rings. The van der Waals surface area contributed by atoms with Gasteiger partial charge in [-0.05, 0) is 32.9 Å². The maximum atomic E-state index is 9.27. The Morgan fingerprint density at radius 1 is 1.38 bits per heavy atom. The van der Waals surface area contributed by atoms with Crippen LogP contribution in [0.2, 0.25) is 0 Å². The second-order valence-corrected chi connectivity index (χ2v) is 3.43. The second-order valence-electron chi connectivity index (χ2n) is 3.43. The lowest BCUT2D eigenvalue weighted by atomic mass is 10.1. The van der Waals surface area contributed by atoms with Gasteiger partial charge in [-0.15, -0.1) is 0 Å². The Morgan fingerprint density at radius 3 is 2.54 bits per heavy atom. The molecule has 1 rings (SSSR count). The first-order valence-corrected chi connectivity index (χ1v) is 4.58. The molecule has 1 aromatic rings. The molecule has 0 radical (unpaired) electrons. The Hall–Kier alpha value is -0.800. The van der Waals surface area contributed by atoms with Gasteiger partial charge in [-0.1, -0.05) is 0 Å². The molecular weight excluding hydrogens is 166 g/mol. The molecule has 0 spiro atoms. The third kappa shape index (κ3) is 2.86. The third-order valence-corrected chi connectivity index (χ3v) is 2.21. The molecule has 1 aromatic heterocycles. The largest absolute Gasteiger partial charge is 0.468 e. The Bertz CT molecular complexity index is 231. The van der Waals surface area contributed by atoms with Crippen LogP contribution in [-0.2, 0) is 0 Å². The van der Waals surface area contributed by atoms with E-state index >= 15 is 0 Å². The highest BCUT2D eigenvalue weighted by atomic mass is 16.3. The van der Waals surface area contributed by atoms with Crippen molar-refractivity contribution in [2.45, 2.75) is 39.0 Å². The van der Waals surface area contributed by atoms with Crippen molar-refractivity contribution in [3.63, 3.8) is 0 Å². The SMILES string of the molecule is CC(O)C(C)N[C@@H](C)c1ccco1. The summed E-state index contributed by atoms with van der Waals surface area (Å²) in [5.74, 6) is 0.896. The zero-order valence-electron chi connectivity index (χ0n) is 8.32. The van der Waals surface area contributed by atoms with Crippen molar-refractivity contribution in [1.29, 1.82) is 0 Å². The lowest BCUT2D eigenvalue weighted by Gasteiger charge is -2.20. The first-order valence-electron chi connectivity index (χ1n) is 4.58. The van der Waals surface area contributed by atoms with E-state index in [1.165, 1.54) is 0 Å². The predicted molar refractivity (Wildman–Crippen MR) is 51.4 cm³/mol. The van der Waals surface area contributed by atoms with Gasteiger partial charge in [-0.3, -0.25) is 0 Å². The van der Waals surface area contributed by atoms with E-state index in [2.05, 4.69) is 5.32 Å². The molecule has 0 bridgehead atoms. The number of aliphatic hydroxyl groups is 1. The van der Waals surface area contributed by atoms with Gasteiger partial charge in [0, 0.05) is 6.04 Å². The average Bonchev–Trinajstić information content (AvgIpc) is 2.55. The minimum absolute atomic E-state index is 0.0695. The van der Waals surface area contributed by atoms with Crippen molar-refractivity contribution in [2.75, 3.05) is 0 Å². The third-order valence-electron chi connectivity index (χ3n) is 2.21. The van der Waals surface area contributed by atoms with Crippen LogP contribution in [-0.4, -0.2) is 17.3 Å². The van der Waals surface area contributed by atoms with Crippen LogP contribution in [0.4, 0.5) is 0 Å². The van der Waals surface area contributed by atoms with Gasteiger partial charge in [-0.25, -0.2) is 0 Å². The number of aliphatic hydroxyl groups excluding tert-OH is 1. The average molecular weight is 183 g/mol. The summed E-state index contributed by atoms with van der Waals surface area (Å²) in [6, 6.07) is 3.99. The van der Waals surface area contributed by atoms with Gasteiger partial charge in [0.25, 0.3) is 0 Å². The molecule has 13 heavy (non-hydrogen) atoms. The van der Waals surface area contributed by atoms with Crippen LogP contribution in [0.3, 0.4) is 0 Å². The molecule has 3 heteroatoms. The van der Waals surface area contributed by atoms with Crippen LogP contribution in [0.25, 0.3) is 0 Å². The minimum atomic E-state index is -0.350. The molecule has 0 aromatic carbocycles. The van der Waals surface area contributed by atoms with E-state index in [1.807, 2.05) is 26.0 Å². The molecule has 3 nitrogen and oxygen atoms in total. The van der Waals surface area contributed by atoms with Crippen molar-refractivity contribution in [3.8, 4) is 0 Å². The van der Waals surface area contributed by atoms with Crippen molar-refractivity contribution in [2.24, 2.45) is 0 Å². The Balaban J connectivity index is 2.46. The zero-order valence-corrected chi connectivity index (χ0v) is 8.32. The summed E-state index contributed by atoms with van der Waals surface area (Å²) in [4.78, 5) is 0. The Labute approximate surface area is 78.8 Å². The molecule has 0 aliphatic rings. The zero-order chi connectivity index (χ0) is 9.84. The maximum Gasteiger partial charge on any atom is 0.120 e. The molecule has 0 saturated heterocycles. The van der Waals surface area contributed by atoms with Crippen LogP contribution in [0.1, 0.15) is 32.6 Å². The highest BCUT2D eigenvalue weighted by Gasteiger charge is 2.14. The first-order chi connectivity index (χ1) is 6.11. The molecule has 0 aliphatic carbocycles. The van der Waals surface area contributed by atoms with Gasteiger partial charge >= 0.3 is 0 Å². The van der Waals surface area contributed by atoms with Crippen LogP contribution >= 0.6 is 0 Å². The summed E-state index contributed by atoms with van der Waals surface area (Å²) in [7, 11) is 0. The van der Waals surface area contributed by atoms with Crippen molar-refractivity contribution in [3.05, 3.63) is 24.2 Å². The van der Waals surface area contributed by atoms with Gasteiger partial charge < -0.3 is 14.8 Å². The monoisotopic (exact) mass is 183 g/mol. The molecule has 0 aliphatic heterocycles. The summed E-state index contributed by atoms with van der Waals surface area (Å²) < 4.78 is 5.23. The number of hydrogen-bond donors (Lipinski definition) is 2. The number of hydrogen-bond acceptors (Lipinski definition) is 3. The number of rotatable bonds is 4. The van der Waals surface area contributed by atoms with Gasteiger partial charge in [0.1, 0.15) is 5.76 Å². The molecule has 0 saturated carbocycles. The quantitative estimate of drug-likeness (QED) is 0.746. The fraction of sp³-hybridized carbons (Fsp3) is 0.600. The van der Waals surface area contributed by atoms with Crippen LogP contribution in [0, 0.1) is 0 Å². The second kappa shape index (κ2) is 4.44. The minimum Gasteiger partial charge on any atom is -0.468 e. The number of nitrogens with one attached hydrogen (secondary N) is 1. The van der Waals surface area contributed by atoms with E-state index in [4.69, 9.17) is 4.42 Å². The normalized spacial score (nSPS) is 18.2. The van der Waals surface area contributed by atoms with Crippen molar-refractivity contribution in [1.82, 2.24) is 5.32 Å². The van der Waals surface area contributed by atoms with Gasteiger partial charge in [0.05, 0.1) is 18.4 Å². The summed E-state index contributed by atoms with van der Waals surface area (Å²) in [5.41, 5.74) is 0. The molecule has 3 atom stereocenters. The molecule has 74 valence electrons. The lowest BCUT2D eigenvalue weighted by Crippen LogP contribution is -2.36. The maximum absolute atomic E-state index is 9.27.